The number of rotatable bonds is 5. The number of anilines is 1. The zero-order valence-electron chi connectivity index (χ0n) is 11.2. The Kier molecular flexibility index (Phi) is 4.11. The van der Waals surface area contributed by atoms with Gasteiger partial charge in [-0.2, -0.15) is 0 Å². The number of tetrazole rings is 1. The second kappa shape index (κ2) is 6.19. The van der Waals surface area contributed by atoms with E-state index in [1.54, 1.807) is 11.7 Å². The minimum Gasteiger partial charge on any atom is -0.302 e. The van der Waals surface area contributed by atoms with Crippen molar-refractivity contribution in [1.82, 2.24) is 25.2 Å². The van der Waals surface area contributed by atoms with Gasteiger partial charge in [0.2, 0.25) is 11.1 Å². The van der Waals surface area contributed by atoms with E-state index >= 15 is 0 Å². The summed E-state index contributed by atoms with van der Waals surface area (Å²) >= 11 is 2.92. The quantitative estimate of drug-likeness (QED) is 0.723. The highest BCUT2D eigenvalue weighted by Gasteiger charge is 2.09. The number of carbonyl (C=O) groups is 1. The number of benzene rings is 1. The van der Waals surface area contributed by atoms with Crippen molar-refractivity contribution >= 4 is 44.4 Å². The number of nitrogens with one attached hydrogen (secondary N) is 1. The Balaban J connectivity index is 1.53. The van der Waals surface area contributed by atoms with Gasteiger partial charge in [0.15, 0.2) is 5.13 Å². The highest BCUT2D eigenvalue weighted by molar-refractivity contribution is 7.99. The molecule has 1 N–H and O–H groups in total. The van der Waals surface area contributed by atoms with Gasteiger partial charge in [0, 0.05) is 19.2 Å². The van der Waals surface area contributed by atoms with Crippen LogP contribution in [-0.4, -0.2) is 36.9 Å². The summed E-state index contributed by atoms with van der Waals surface area (Å²) in [6.45, 7) is 0. The van der Waals surface area contributed by atoms with E-state index in [9.17, 15) is 4.79 Å². The maximum atomic E-state index is 11.9. The number of thioether (sulfide) groups is 1. The molecule has 0 aliphatic heterocycles. The molecule has 1 aromatic carbocycles. The first-order valence-corrected chi connectivity index (χ1v) is 8.03. The lowest BCUT2D eigenvalue weighted by Gasteiger charge is -2.00. The Labute approximate surface area is 128 Å². The van der Waals surface area contributed by atoms with Crippen LogP contribution < -0.4 is 5.32 Å². The van der Waals surface area contributed by atoms with Crippen LogP contribution in [0.15, 0.2) is 29.4 Å². The first-order valence-electron chi connectivity index (χ1n) is 6.23. The summed E-state index contributed by atoms with van der Waals surface area (Å²) in [5.41, 5.74) is 0.900. The highest BCUT2D eigenvalue weighted by atomic mass is 32.2. The van der Waals surface area contributed by atoms with Gasteiger partial charge in [-0.25, -0.2) is 9.67 Å². The molecule has 2 aromatic heterocycles. The van der Waals surface area contributed by atoms with Gasteiger partial charge in [-0.05, 0) is 22.6 Å². The van der Waals surface area contributed by atoms with Gasteiger partial charge in [-0.15, -0.1) is 5.10 Å². The van der Waals surface area contributed by atoms with Crippen LogP contribution in [0.3, 0.4) is 0 Å². The average molecular weight is 320 g/mol. The highest BCUT2D eigenvalue weighted by Crippen LogP contribution is 2.25. The number of fused-ring (bicyclic) bond motifs is 1. The van der Waals surface area contributed by atoms with Crippen LogP contribution in [0.25, 0.3) is 10.2 Å². The van der Waals surface area contributed by atoms with Gasteiger partial charge >= 0.3 is 0 Å². The summed E-state index contributed by atoms with van der Waals surface area (Å²) in [7, 11) is 1.77. The molecule has 3 rings (SSSR count). The van der Waals surface area contributed by atoms with Crippen molar-refractivity contribution in [2.75, 3.05) is 11.1 Å². The summed E-state index contributed by atoms with van der Waals surface area (Å²) in [4.78, 5) is 16.3. The number of amides is 1. The zero-order valence-corrected chi connectivity index (χ0v) is 12.8. The number of para-hydroxylation sites is 1. The molecule has 0 aliphatic rings. The van der Waals surface area contributed by atoms with Gasteiger partial charge in [-0.1, -0.05) is 35.2 Å². The van der Waals surface area contributed by atoms with Crippen LogP contribution in [0.1, 0.15) is 6.42 Å². The molecule has 0 saturated carbocycles. The number of thiazole rings is 1. The molecule has 108 valence electrons. The molecule has 7 nitrogen and oxygen atoms in total. The fourth-order valence-corrected chi connectivity index (χ4v) is 3.36. The largest absolute Gasteiger partial charge is 0.302 e. The summed E-state index contributed by atoms with van der Waals surface area (Å²) in [5.74, 6) is 0.557. The van der Waals surface area contributed by atoms with E-state index < -0.39 is 0 Å². The number of hydrogen-bond donors (Lipinski definition) is 1. The monoisotopic (exact) mass is 320 g/mol. The maximum Gasteiger partial charge on any atom is 0.226 e. The van der Waals surface area contributed by atoms with E-state index in [0.717, 1.165) is 10.2 Å². The van der Waals surface area contributed by atoms with Crippen molar-refractivity contribution in [2.45, 2.75) is 11.6 Å². The van der Waals surface area contributed by atoms with Gasteiger partial charge < -0.3 is 5.32 Å². The first-order chi connectivity index (χ1) is 10.2. The topological polar surface area (TPSA) is 85.6 Å². The van der Waals surface area contributed by atoms with Gasteiger partial charge in [0.25, 0.3) is 0 Å². The maximum absolute atomic E-state index is 11.9. The van der Waals surface area contributed by atoms with Crippen LogP contribution in [0.2, 0.25) is 0 Å². The Hall–Kier alpha value is -2.00. The third-order valence-electron chi connectivity index (χ3n) is 2.68. The summed E-state index contributed by atoms with van der Waals surface area (Å²) in [6.07, 6.45) is 0.382. The Morgan fingerprint density at radius 2 is 2.29 bits per heavy atom. The number of nitrogens with zero attached hydrogens (tertiary/aromatic N) is 5. The van der Waals surface area contributed by atoms with Crippen LogP contribution in [0.4, 0.5) is 5.13 Å². The van der Waals surface area contributed by atoms with Crippen LogP contribution in [0, 0.1) is 0 Å². The molecular formula is C12H12N6OS2. The molecule has 0 spiro atoms. The van der Waals surface area contributed by atoms with Crippen molar-refractivity contribution in [3.8, 4) is 0 Å². The predicted molar refractivity (Wildman–Crippen MR) is 82.4 cm³/mol. The number of aryl methyl sites for hydroxylation is 1. The smallest absolute Gasteiger partial charge is 0.226 e. The van der Waals surface area contributed by atoms with Crippen molar-refractivity contribution in [1.29, 1.82) is 0 Å². The number of carbonyl (C=O) groups excluding carboxylic acids is 1. The Morgan fingerprint density at radius 3 is 3.05 bits per heavy atom. The lowest BCUT2D eigenvalue weighted by molar-refractivity contribution is -0.115. The molecular weight excluding hydrogens is 308 g/mol. The minimum absolute atomic E-state index is 0.0586. The predicted octanol–water partition coefficient (Wildman–Crippen LogP) is 1.94. The second-order valence-electron chi connectivity index (χ2n) is 4.22. The molecule has 2 heterocycles. The second-order valence-corrected chi connectivity index (χ2v) is 6.31. The van der Waals surface area contributed by atoms with E-state index in [1.807, 2.05) is 24.3 Å². The van der Waals surface area contributed by atoms with E-state index in [4.69, 9.17) is 0 Å². The average Bonchev–Trinajstić information content (AvgIpc) is 3.04. The third-order valence-corrected chi connectivity index (χ3v) is 4.65. The fourth-order valence-electron chi connectivity index (χ4n) is 1.69. The molecule has 9 heteroatoms. The first kappa shape index (κ1) is 14.0. The van der Waals surface area contributed by atoms with Gasteiger partial charge in [0.1, 0.15) is 0 Å². The van der Waals surface area contributed by atoms with E-state index in [2.05, 4.69) is 25.8 Å². The molecule has 0 fully saturated rings. The summed E-state index contributed by atoms with van der Waals surface area (Å²) in [6, 6.07) is 7.80. The molecule has 0 aliphatic carbocycles. The molecule has 0 bridgehead atoms. The summed E-state index contributed by atoms with van der Waals surface area (Å²) < 4.78 is 2.64. The van der Waals surface area contributed by atoms with Crippen molar-refractivity contribution < 1.29 is 4.79 Å². The van der Waals surface area contributed by atoms with Crippen LogP contribution >= 0.6 is 23.1 Å². The van der Waals surface area contributed by atoms with Gasteiger partial charge in [0.05, 0.1) is 10.2 Å². The van der Waals surface area contributed by atoms with E-state index in [-0.39, 0.29) is 5.91 Å². The summed E-state index contributed by atoms with van der Waals surface area (Å²) in [5, 5.41) is 15.3. The Bertz CT molecular complexity index is 735. The van der Waals surface area contributed by atoms with E-state index in [0.29, 0.717) is 22.5 Å². The number of hydrogen-bond acceptors (Lipinski definition) is 7. The Morgan fingerprint density at radius 1 is 1.43 bits per heavy atom. The van der Waals surface area contributed by atoms with E-state index in [1.165, 1.54) is 23.1 Å². The molecule has 21 heavy (non-hydrogen) atoms. The van der Waals surface area contributed by atoms with Crippen molar-refractivity contribution in [3.63, 3.8) is 0 Å². The van der Waals surface area contributed by atoms with Crippen molar-refractivity contribution in [3.05, 3.63) is 24.3 Å². The molecule has 1 amide bonds. The number of aromatic nitrogens is 5. The van der Waals surface area contributed by atoms with Gasteiger partial charge in [-0.3, -0.25) is 4.79 Å². The molecule has 0 unspecified atom stereocenters. The minimum atomic E-state index is -0.0586. The zero-order chi connectivity index (χ0) is 14.7. The SMILES string of the molecule is Cn1nnnc1SCCC(=O)Nc1nc2ccccc2s1. The molecule has 0 saturated heterocycles. The van der Waals surface area contributed by atoms with Crippen LogP contribution in [-0.2, 0) is 11.8 Å². The van der Waals surface area contributed by atoms with Crippen molar-refractivity contribution in [2.24, 2.45) is 7.05 Å². The normalized spacial score (nSPS) is 10.9. The third kappa shape index (κ3) is 3.37. The molecule has 3 aromatic rings. The lowest BCUT2D eigenvalue weighted by atomic mass is 10.3. The molecule has 0 radical (unpaired) electrons. The fraction of sp³-hybridized carbons (Fsp3) is 0.250. The van der Waals surface area contributed by atoms with Crippen LogP contribution in [0.5, 0.6) is 0 Å². The lowest BCUT2D eigenvalue weighted by Crippen LogP contribution is -2.12. The standard InChI is InChI=1S/C12H12N6OS2/c1-18-12(15-16-17-18)20-7-6-10(19)14-11-13-8-4-2-3-5-9(8)21-11/h2-5H,6-7H2,1H3,(H,13,14,19). The molecule has 0 atom stereocenters.